The van der Waals surface area contributed by atoms with Gasteiger partial charge in [0.2, 0.25) is 0 Å². The maximum Gasteiger partial charge on any atom is 0.436 e. The van der Waals surface area contributed by atoms with Gasteiger partial charge in [0.05, 0.1) is 5.71 Å². The molecule has 1 N–H and O–H groups in total. The van der Waals surface area contributed by atoms with Crippen LogP contribution in [0.5, 0.6) is 0 Å². The molecule has 5 aliphatic carbocycles. The lowest BCUT2D eigenvalue weighted by atomic mass is 9.46. The molecule has 4 saturated carbocycles. The summed E-state index contributed by atoms with van der Waals surface area (Å²) in [5, 5.41) is 7.96. The third-order valence-electron chi connectivity index (χ3n) is 11.0. The molecule has 0 saturated heterocycles. The second-order valence-corrected chi connectivity index (χ2v) is 14.3. The normalized spacial score (nSPS) is 37.8. The van der Waals surface area contributed by atoms with Crippen molar-refractivity contribution in [3.05, 3.63) is 11.6 Å². The molecule has 0 heterocycles. The van der Waals surface area contributed by atoms with Crippen LogP contribution in [0, 0.1) is 34.5 Å². The summed E-state index contributed by atoms with van der Waals surface area (Å²) in [6.07, 6.45) is 12.7. The monoisotopic (exact) mass is 511 g/mol. The minimum Gasteiger partial charge on any atom is -0.310 e. The fraction of sp³-hybridized carbons (Fsp3) is 0.839. The lowest BCUT2D eigenvalue weighted by molar-refractivity contribution is -0.117. The van der Waals surface area contributed by atoms with E-state index >= 15 is 0 Å². The molecule has 0 aromatic carbocycles. The molecular weight excluding hydrogens is 462 g/mol. The number of allylic oxidation sites excluding steroid dienone is 1. The van der Waals surface area contributed by atoms with Crippen molar-refractivity contribution in [3.8, 4) is 0 Å². The number of ketones is 1. The fourth-order valence-electron chi connectivity index (χ4n) is 8.83. The predicted molar refractivity (Wildman–Crippen MR) is 147 cm³/mol. The molecule has 5 aliphatic rings. The van der Waals surface area contributed by atoms with Crippen molar-refractivity contribution in [2.75, 3.05) is 13.1 Å². The number of nitrogens with zero attached hydrogens (tertiary/aromatic N) is 2. The van der Waals surface area contributed by atoms with E-state index in [0.29, 0.717) is 36.1 Å². The summed E-state index contributed by atoms with van der Waals surface area (Å²) in [6.45, 7) is 14.9. The molecule has 0 aromatic rings. The Morgan fingerprint density at radius 2 is 1.84 bits per heavy atom. The minimum atomic E-state index is -0.299. The van der Waals surface area contributed by atoms with Gasteiger partial charge in [0, 0.05) is 37.0 Å². The number of amides is 1. The van der Waals surface area contributed by atoms with Crippen molar-refractivity contribution >= 4 is 17.6 Å². The highest BCUT2D eigenvalue weighted by atomic mass is 16.7. The van der Waals surface area contributed by atoms with Gasteiger partial charge in [-0.25, -0.2) is 4.79 Å². The number of rotatable bonds is 6. The largest absolute Gasteiger partial charge is 0.436 e. The van der Waals surface area contributed by atoms with Crippen LogP contribution in [0.1, 0.15) is 106 Å². The summed E-state index contributed by atoms with van der Waals surface area (Å²) < 4.78 is 0. The van der Waals surface area contributed by atoms with Crippen LogP contribution >= 0.6 is 0 Å². The van der Waals surface area contributed by atoms with E-state index in [-0.39, 0.29) is 22.5 Å². The van der Waals surface area contributed by atoms with Crippen molar-refractivity contribution in [3.63, 3.8) is 0 Å². The Bertz CT molecular complexity index is 977. The van der Waals surface area contributed by atoms with E-state index in [2.05, 4.69) is 52.0 Å². The first kappa shape index (κ1) is 26.9. The molecule has 0 unspecified atom stereocenters. The molecule has 0 spiro atoms. The van der Waals surface area contributed by atoms with Crippen molar-refractivity contribution in [2.24, 2.45) is 39.7 Å². The van der Waals surface area contributed by atoms with Gasteiger partial charge < -0.3 is 10.2 Å². The Kier molecular flexibility index (Phi) is 7.13. The van der Waals surface area contributed by atoms with Crippen LogP contribution in [0.2, 0.25) is 0 Å². The third kappa shape index (κ3) is 5.16. The Balaban J connectivity index is 1.24. The van der Waals surface area contributed by atoms with Crippen LogP contribution in [-0.2, 0) is 9.63 Å². The summed E-state index contributed by atoms with van der Waals surface area (Å²) in [5.74, 6) is 2.83. The van der Waals surface area contributed by atoms with Crippen LogP contribution < -0.4 is 5.32 Å². The molecule has 0 aromatic heterocycles. The van der Waals surface area contributed by atoms with E-state index in [1.165, 1.54) is 31.3 Å². The quantitative estimate of drug-likeness (QED) is 0.251. The molecular formula is C31H49N3O3. The van der Waals surface area contributed by atoms with Crippen molar-refractivity contribution in [2.45, 2.75) is 117 Å². The van der Waals surface area contributed by atoms with Crippen LogP contribution in [0.3, 0.4) is 0 Å². The summed E-state index contributed by atoms with van der Waals surface area (Å²) in [4.78, 5) is 32.6. The second kappa shape index (κ2) is 9.81. The first-order chi connectivity index (χ1) is 17.4. The van der Waals surface area contributed by atoms with Gasteiger partial charge in [0.15, 0.2) is 5.78 Å². The maximum absolute atomic E-state index is 13.0. The van der Waals surface area contributed by atoms with E-state index in [4.69, 9.17) is 4.84 Å². The smallest absolute Gasteiger partial charge is 0.310 e. The molecule has 37 heavy (non-hydrogen) atoms. The van der Waals surface area contributed by atoms with Gasteiger partial charge in [-0.1, -0.05) is 24.6 Å². The zero-order valence-electron chi connectivity index (χ0n) is 24.1. The fourth-order valence-corrected chi connectivity index (χ4v) is 8.83. The number of carbonyl (C=O) groups is 2. The summed E-state index contributed by atoms with van der Waals surface area (Å²) in [7, 11) is 0. The minimum absolute atomic E-state index is 0.0311. The van der Waals surface area contributed by atoms with E-state index in [0.717, 1.165) is 56.7 Å². The van der Waals surface area contributed by atoms with Crippen LogP contribution in [0.4, 0.5) is 4.79 Å². The Morgan fingerprint density at radius 3 is 2.54 bits per heavy atom. The Morgan fingerprint density at radius 1 is 1.08 bits per heavy atom. The second-order valence-electron chi connectivity index (χ2n) is 14.3. The average Bonchev–Trinajstić information content (AvgIpc) is 3.60. The number of carbonyl (C=O) groups excluding carboxylic acids is 2. The number of hydrogen-bond acceptors (Lipinski definition) is 5. The molecule has 6 nitrogen and oxygen atoms in total. The van der Waals surface area contributed by atoms with Crippen LogP contribution in [0.15, 0.2) is 16.8 Å². The molecule has 4 fully saturated rings. The van der Waals surface area contributed by atoms with Crippen LogP contribution in [-0.4, -0.2) is 47.2 Å². The zero-order chi connectivity index (χ0) is 26.6. The molecule has 5 rings (SSSR count). The molecule has 6 atom stereocenters. The van der Waals surface area contributed by atoms with Gasteiger partial charge in [0.25, 0.3) is 0 Å². The first-order valence-corrected chi connectivity index (χ1v) is 14.9. The van der Waals surface area contributed by atoms with E-state index in [1.807, 2.05) is 11.0 Å². The van der Waals surface area contributed by atoms with Gasteiger partial charge in [0.1, 0.15) is 0 Å². The lowest BCUT2D eigenvalue weighted by Crippen LogP contribution is -2.51. The topological polar surface area (TPSA) is 71.0 Å². The molecule has 206 valence electrons. The summed E-state index contributed by atoms with van der Waals surface area (Å²) >= 11 is 0. The Labute approximate surface area is 224 Å². The molecule has 1 amide bonds. The van der Waals surface area contributed by atoms with Crippen molar-refractivity contribution in [1.82, 2.24) is 10.2 Å². The number of oxime groups is 1. The predicted octanol–water partition coefficient (Wildman–Crippen LogP) is 6.50. The van der Waals surface area contributed by atoms with E-state index < -0.39 is 0 Å². The number of fused-ring (bicyclic) bond motifs is 5. The van der Waals surface area contributed by atoms with Crippen molar-refractivity contribution in [1.29, 1.82) is 0 Å². The SMILES string of the molecule is C/C(=N\OC(=O)N(CCNC(C)(C)C)C1CC1)[C@H]1CC[C@H]2[C@@H]3CCC4=CC(=O)CC[C@]4(C)[C@H]3CC[C@]12C. The summed E-state index contributed by atoms with van der Waals surface area (Å²) in [5.41, 5.74) is 2.89. The van der Waals surface area contributed by atoms with Crippen molar-refractivity contribution < 1.29 is 14.4 Å². The highest BCUT2D eigenvalue weighted by Crippen LogP contribution is 2.66. The van der Waals surface area contributed by atoms with Gasteiger partial charge in [-0.15, -0.1) is 0 Å². The number of nitrogens with one attached hydrogen (secondary N) is 1. The third-order valence-corrected chi connectivity index (χ3v) is 11.0. The lowest BCUT2D eigenvalue weighted by Gasteiger charge is -2.58. The van der Waals surface area contributed by atoms with E-state index in [9.17, 15) is 9.59 Å². The highest BCUT2D eigenvalue weighted by molar-refractivity contribution is 5.91. The van der Waals surface area contributed by atoms with Gasteiger partial charge in [-0.3, -0.25) is 9.63 Å². The van der Waals surface area contributed by atoms with Gasteiger partial charge in [-0.05, 0) is 120 Å². The van der Waals surface area contributed by atoms with E-state index in [1.54, 1.807) is 0 Å². The summed E-state index contributed by atoms with van der Waals surface area (Å²) in [6, 6.07) is 0.301. The average molecular weight is 512 g/mol. The molecule has 0 aliphatic heterocycles. The highest BCUT2D eigenvalue weighted by Gasteiger charge is 2.59. The molecule has 0 radical (unpaired) electrons. The van der Waals surface area contributed by atoms with Gasteiger partial charge >= 0.3 is 6.09 Å². The first-order valence-electron chi connectivity index (χ1n) is 14.9. The standard InChI is InChI=1S/C31H49N3O3/c1-20(33-37-28(36)34(22-8-9-22)18-17-32-29(2,3)4)25-11-12-26-24-10-7-21-19-23(35)13-15-30(21,5)27(24)14-16-31(25,26)6/h19,22,24-27,32H,7-18H2,1-6H3/b33-20+/t24-,25+,26-,27-,30-,31+/m0/s1. The number of hydrogen-bond donors (Lipinski definition) is 1. The van der Waals surface area contributed by atoms with Gasteiger partial charge in [-0.2, -0.15) is 0 Å². The Hall–Kier alpha value is -1.69. The van der Waals surface area contributed by atoms with Crippen LogP contribution in [0.25, 0.3) is 0 Å². The molecule has 6 heteroatoms. The maximum atomic E-state index is 13.0. The molecule has 0 bridgehead atoms. The zero-order valence-corrected chi connectivity index (χ0v) is 24.1.